The lowest BCUT2D eigenvalue weighted by Crippen LogP contribution is -2.29. The molecule has 1 rings (SSSR count). The van der Waals surface area contributed by atoms with Crippen molar-refractivity contribution in [3.05, 3.63) is 24.0 Å². The SMILES string of the molecule is O=C(NCC(F)F)c1cccnn1. The van der Waals surface area contributed by atoms with Crippen LogP contribution in [-0.2, 0) is 0 Å². The summed E-state index contributed by atoms with van der Waals surface area (Å²) in [7, 11) is 0. The summed E-state index contributed by atoms with van der Waals surface area (Å²) in [4.78, 5) is 11.0. The average molecular weight is 187 g/mol. The van der Waals surface area contributed by atoms with Crippen LogP contribution in [0.25, 0.3) is 0 Å². The van der Waals surface area contributed by atoms with Crippen molar-refractivity contribution in [3.63, 3.8) is 0 Å². The van der Waals surface area contributed by atoms with Crippen molar-refractivity contribution >= 4 is 5.91 Å². The lowest BCUT2D eigenvalue weighted by Gasteiger charge is -2.01. The zero-order valence-electron chi connectivity index (χ0n) is 6.58. The molecule has 1 aromatic heterocycles. The van der Waals surface area contributed by atoms with Crippen molar-refractivity contribution in [1.29, 1.82) is 0 Å². The van der Waals surface area contributed by atoms with Crippen LogP contribution < -0.4 is 5.32 Å². The second-order valence-corrected chi connectivity index (χ2v) is 2.21. The smallest absolute Gasteiger partial charge is 0.271 e. The summed E-state index contributed by atoms with van der Waals surface area (Å²) >= 11 is 0. The van der Waals surface area contributed by atoms with Gasteiger partial charge in [-0.15, -0.1) is 5.10 Å². The second-order valence-electron chi connectivity index (χ2n) is 2.21. The number of hydrogen-bond donors (Lipinski definition) is 1. The molecule has 1 N–H and O–H groups in total. The van der Waals surface area contributed by atoms with Crippen molar-refractivity contribution in [2.75, 3.05) is 6.54 Å². The number of amides is 1. The van der Waals surface area contributed by atoms with E-state index in [9.17, 15) is 13.6 Å². The molecule has 0 fully saturated rings. The van der Waals surface area contributed by atoms with E-state index >= 15 is 0 Å². The molecule has 1 heterocycles. The summed E-state index contributed by atoms with van der Waals surface area (Å²) in [5.74, 6) is -0.645. The molecular formula is C7H7F2N3O. The summed E-state index contributed by atoms with van der Waals surface area (Å²) in [6.45, 7) is -0.671. The Morgan fingerprint density at radius 3 is 2.92 bits per heavy atom. The molecule has 0 bridgehead atoms. The van der Waals surface area contributed by atoms with E-state index in [2.05, 4.69) is 10.2 Å². The van der Waals surface area contributed by atoms with Crippen molar-refractivity contribution in [2.24, 2.45) is 0 Å². The van der Waals surface area contributed by atoms with Gasteiger partial charge in [0.1, 0.15) is 0 Å². The Kier molecular flexibility index (Phi) is 3.24. The van der Waals surface area contributed by atoms with Crippen LogP contribution in [0.1, 0.15) is 10.5 Å². The highest BCUT2D eigenvalue weighted by Crippen LogP contribution is 1.92. The van der Waals surface area contributed by atoms with E-state index in [1.807, 2.05) is 5.32 Å². The first-order valence-electron chi connectivity index (χ1n) is 3.54. The highest BCUT2D eigenvalue weighted by molar-refractivity contribution is 5.91. The Labute approximate surface area is 73.0 Å². The Balaban J connectivity index is 2.50. The number of nitrogens with zero attached hydrogens (tertiary/aromatic N) is 2. The van der Waals surface area contributed by atoms with Gasteiger partial charge in [0.25, 0.3) is 12.3 Å². The molecule has 0 aliphatic heterocycles. The van der Waals surface area contributed by atoms with E-state index in [4.69, 9.17) is 0 Å². The topological polar surface area (TPSA) is 54.9 Å². The van der Waals surface area contributed by atoms with Crippen molar-refractivity contribution in [1.82, 2.24) is 15.5 Å². The minimum Gasteiger partial charge on any atom is -0.345 e. The van der Waals surface area contributed by atoms with Crippen LogP contribution in [0.2, 0.25) is 0 Å². The molecule has 0 aliphatic carbocycles. The third-order valence-corrected chi connectivity index (χ3v) is 1.22. The fourth-order valence-electron chi connectivity index (χ4n) is 0.683. The van der Waals surface area contributed by atoms with Crippen LogP contribution in [0.5, 0.6) is 0 Å². The molecule has 0 radical (unpaired) electrons. The second kappa shape index (κ2) is 4.44. The Bertz CT molecular complexity index is 278. The Morgan fingerprint density at radius 1 is 1.62 bits per heavy atom. The summed E-state index contributed by atoms with van der Waals surface area (Å²) in [5, 5.41) is 8.89. The number of aromatic nitrogens is 2. The van der Waals surface area contributed by atoms with Gasteiger partial charge < -0.3 is 5.32 Å². The van der Waals surface area contributed by atoms with Gasteiger partial charge in [-0.2, -0.15) is 5.10 Å². The normalized spacial score (nSPS) is 10.1. The Morgan fingerprint density at radius 2 is 2.38 bits per heavy atom. The number of halogens is 2. The molecule has 0 unspecified atom stereocenters. The third kappa shape index (κ3) is 3.10. The van der Waals surface area contributed by atoms with Crippen LogP contribution in [0, 0.1) is 0 Å². The van der Waals surface area contributed by atoms with Gasteiger partial charge in [0, 0.05) is 6.20 Å². The molecule has 4 nitrogen and oxygen atoms in total. The third-order valence-electron chi connectivity index (χ3n) is 1.22. The van der Waals surface area contributed by atoms with Crippen LogP contribution in [0.4, 0.5) is 8.78 Å². The lowest BCUT2D eigenvalue weighted by atomic mass is 10.4. The summed E-state index contributed by atoms with van der Waals surface area (Å²) in [6.07, 6.45) is -1.16. The molecule has 0 spiro atoms. The van der Waals surface area contributed by atoms with Gasteiger partial charge in [-0.05, 0) is 12.1 Å². The molecular weight excluding hydrogens is 180 g/mol. The average Bonchev–Trinajstić information content (AvgIpc) is 2.15. The Hall–Kier alpha value is -1.59. The fraction of sp³-hybridized carbons (Fsp3) is 0.286. The van der Waals surface area contributed by atoms with Gasteiger partial charge in [-0.1, -0.05) is 0 Å². The molecule has 0 aliphatic rings. The number of carbonyl (C=O) groups excluding carboxylic acids is 1. The van der Waals surface area contributed by atoms with Gasteiger partial charge in [0.15, 0.2) is 5.69 Å². The van der Waals surface area contributed by atoms with E-state index in [1.165, 1.54) is 18.3 Å². The number of rotatable bonds is 3. The molecule has 1 aromatic rings. The van der Waals surface area contributed by atoms with Crippen molar-refractivity contribution in [2.45, 2.75) is 6.43 Å². The summed E-state index contributed by atoms with van der Waals surface area (Å²) in [6, 6.07) is 2.90. The number of carbonyl (C=O) groups is 1. The zero-order chi connectivity index (χ0) is 9.68. The first-order valence-corrected chi connectivity index (χ1v) is 3.54. The first kappa shape index (κ1) is 9.50. The lowest BCUT2D eigenvalue weighted by molar-refractivity contribution is 0.0886. The van der Waals surface area contributed by atoms with Crippen LogP contribution in [-0.4, -0.2) is 29.1 Å². The minimum atomic E-state index is -2.55. The molecule has 0 saturated carbocycles. The van der Waals surface area contributed by atoms with E-state index in [1.54, 1.807) is 0 Å². The first-order chi connectivity index (χ1) is 6.20. The molecule has 70 valence electrons. The van der Waals surface area contributed by atoms with Gasteiger partial charge in [0.05, 0.1) is 6.54 Å². The highest BCUT2D eigenvalue weighted by Gasteiger charge is 2.09. The molecule has 0 aromatic carbocycles. The van der Waals surface area contributed by atoms with Crippen LogP contribution in [0.3, 0.4) is 0 Å². The standard InChI is InChI=1S/C7H7F2N3O/c8-6(9)4-10-7(13)5-2-1-3-11-12-5/h1-3,6H,4H2,(H,10,13). The maximum absolute atomic E-state index is 11.7. The molecule has 0 atom stereocenters. The van der Waals surface area contributed by atoms with Crippen molar-refractivity contribution in [3.8, 4) is 0 Å². The summed E-state index contributed by atoms with van der Waals surface area (Å²) < 4.78 is 23.3. The predicted molar refractivity (Wildman–Crippen MR) is 40.4 cm³/mol. The highest BCUT2D eigenvalue weighted by atomic mass is 19.3. The zero-order valence-corrected chi connectivity index (χ0v) is 6.58. The van der Waals surface area contributed by atoms with Gasteiger partial charge in [-0.25, -0.2) is 8.78 Å². The quantitative estimate of drug-likeness (QED) is 0.748. The van der Waals surface area contributed by atoms with Gasteiger partial charge in [-0.3, -0.25) is 4.79 Å². The van der Waals surface area contributed by atoms with Crippen LogP contribution >= 0.6 is 0 Å². The maximum atomic E-state index is 11.7. The fourth-order valence-corrected chi connectivity index (χ4v) is 0.683. The molecule has 13 heavy (non-hydrogen) atoms. The molecule has 6 heteroatoms. The van der Waals surface area contributed by atoms with E-state index in [0.29, 0.717) is 0 Å². The van der Waals surface area contributed by atoms with Gasteiger partial charge in [0.2, 0.25) is 0 Å². The van der Waals surface area contributed by atoms with E-state index in [-0.39, 0.29) is 5.69 Å². The summed E-state index contributed by atoms with van der Waals surface area (Å²) in [5.41, 5.74) is 0.0307. The maximum Gasteiger partial charge on any atom is 0.271 e. The van der Waals surface area contributed by atoms with E-state index < -0.39 is 18.9 Å². The minimum absolute atomic E-state index is 0.0307. The number of nitrogens with one attached hydrogen (secondary N) is 1. The predicted octanol–water partition coefficient (Wildman–Crippen LogP) is 0.471. The van der Waals surface area contributed by atoms with Crippen LogP contribution in [0.15, 0.2) is 18.3 Å². The number of alkyl halides is 2. The monoisotopic (exact) mass is 187 g/mol. The largest absolute Gasteiger partial charge is 0.345 e. The molecule has 1 amide bonds. The molecule has 0 saturated heterocycles. The van der Waals surface area contributed by atoms with Crippen molar-refractivity contribution < 1.29 is 13.6 Å². The van der Waals surface area contributed by atoms with E-state index in [0.717, 1.165) is 0 Å². The number of hydrogen-bond acceptors (Lipinski definition) is 3. The van der Waals surface area contributed by atoms with Gasteiger partial charge >= 0.3 is 0 Å².